The first-order valence-electron chi connectivity index (χ1n) is 8.56. The fourth-order valence-corrected chi connectivity index (χ4v) is 3.74. The van der Waals surface area contributed by atoms with Gasteiger partial charge in [-0.2, -0.15) is 13.2 Å². The summed E-state index contributed by atoms with van der Waals surface area (Å²) in [6, 6.07) is 7.47. The van der Waals surface area contributed by atoms with E-state index in [1.807, 2.05) is 0 Å². The Labute approximate surface area is 175 Å². The Balaban J connectivity index is 1.76. The third-order valence-corrected chi connectivity index (χ3v) is 5.18. The van der Waals surface area contributed by atoms with Crippen molar-refractivity contribution in [3.05, 3.63) is 77.8 Å². The highest BCUT2D eigenvalue weighted by molar-refractivity contribution is 7.19. The molecule has 4 rings (SSSR count). The number of thiazole rings is 1. The average molecular weight is 451 g/mol. The Morgan fingerprint density at radius 1 is 1.06 bits per heavy atom. The van der Waals surface area contributed by atoms with Crippen LogP contribution in [0.4, 0.5) is 27.1 Å². The quantitative estimate of drug-likeness (QED) is 0.386. The number of amides is 1. The van der Waals surface area contributed by atoms with Crippen LogP contribution >= 0.6 is 11.3 Å². The van der Waals surface area contributed by atoms with E-state index in [0.29, 0.717) is 0 Å². The highest BCUT2D eigenvalue weighted by atomic mass is 32.1. The normalized spacial score (nSPS) is 11.5. The van der Waals surface area contributed by atoms with Gasteiger partial charge in [-0.25, -0.2) is 18.7 Å². The SMILES string of the molecule is O=C(Nc1nc(-c2cnco2)c(-c2cccc(C(F)(F)F)c2)s1)c1c(F)cccc1F. The fraction of sp³-hybridized carbons (Fsp3) is 0.0500. The largest absolute Gasteiger partial charge is 0.442 e. The van der Waals surface area contributed by atoms with E-state index in [2.05, 4.69) is 15.3 Å². The van der Waals surface area contributed by atoms with Gasteiger partial charge in [0.25, 0.3) is 5.91 Å². The number of nitrogens with one attached hydrogen (secondary N) is 1. The Morgan fingerprint density at radius 3 is 2.42 bits per heavy atom. The third kappa shape index (κ3) is 4.17. The number of halogens is 5. The van der Waals surface area contributed by atoms with Crippen LogP contribution in [-0.4, -0.2) is 15.9 Å². The van der Waals surface area contributed by atoms with Gasteiger partial charge in [-0.1, -0.05) is 29.5 Å². The fourth-order valence-electron chi connectivity index (χ4n) is 2.78. The number of carbonyl (C=O) groups is 1. The highest BCUT2D eigenvalue weighted by Gasteiger charge is 2.31. The van der Waals surface area contributed by atoms with Gasteiger partial charge in [-0.3, -0.25) is 10.1 Å². The van der Waals surface area contributed by atoms with Gasteiger partial charge in [0.15, 0.2) is 17.3 Å². The van der Waals surface area contributed by atoms with Crippen LogP contribution in [0, 0.1) is 11.6 Å². The Kier molecular flexibility index (Phi) is 5.27. The number of rotatable bonds is 4. The summed E-state index contributed by atoms with van der Waals surface area (Å²) in [6.07, 6.45) is -2.15. The van der Waals surface area contributed by atoms with Gasteiger partial charge < -0.3 is 4.42 Å². The summed E-state index contributed by atoms with van der Waals surface area (Å²) in [5.41, 5.74) is -1.40. The number of alkyl halides is 3. The molecule has 0 atom stereocenters. The van der Waals surface area contributed by atoms with Crippen molar-refractivity contribution in [3.8, 4) is 21.9 Å². The first-order chi connectivity index (χ1) is 14.7. The minimum atomic E-state index is -4.56. The van der Waals surface area contributed by atoms with Crippen LogP contribution in [-0.2, 0) is 6.18 Å². The molecule has 158 valence electrons. The van der Waals surface area contributed by atoms with Crippen LogP contribution in [0.25, 0.3) is 21.9 Å². The predicted octanol–water partition coefficient (Wildman–Crippen LogP) is 6.01. The monoisotopic (exact) mass is 451 g/mol. The van der Waals surface area contributed by atoms with Crippen molar-refractivity contribution >= 4 is 22.4 Å². The van der Waals surface area contributed by atoms with Crippen LogP contribution < -0.4 is 5.32 Å². The summed E-state index contributed by atoms with van der Waals surface area (Å²) in [6.45, 7) is 0. The second-order valence-corrected chi connectivity index (χ2v) is 7.19. The van der Waals surface area contributed by atoms with Crippen LogP contribution in [0.1, 0.15) is 15.9 Å². The summed E-state index contributed by atoms with van der Waals surface area (Å²) in [4.78, 5) is 20.6. The lowest BCUT2D eigenvalue weighted by Crippen LogP contribution is -2.15. The molecule has 11 heteroatoms. The molecule has 0 spiro atoms. The molecule has 2 aromatic carbocycles. The van der Waals surface area contributed by atoms with Crippen LogP contribution in [0.5, 0.6) is 0 Å². The summed E-state index contributed by atoms with van der Waals surface area (Å²) in [5, 5.41) is 2.19. The number of aromatic nitrogens is 2. The van der Waals surface area contributed by atoms with Crippen LogP contribution in [0.15, 0.2) is 59.5 Å². The van der Waals surface area contributed by atoms with Crippen LogP contribution in [0.3, 0.4) is 0 Å². The number of anilines is 1. The molecule has 5 nitrogen and oxygen atoms in total. The van der Waals surface area contributed by atoms with Gasteiger partial charge in [0.05, 0.1) is 16.6 Å². The zero-order valence-electron chi connectivity index (χ0n) is 15.2. The topological polar surface area (TPSA) is 68.0 Å². The number of hydrogen-bond acceptors (Lipinski definition) is 5. The second kappa shape index (κ2) is 7.91. The highest BCUT2D eigenvalue weighted by Crippen LogP contribution is 2.41. The first-order valence-corrected chi connectivity index (χ1v) is 9.38. The van der Waals surface area contributed by atoms with Gasteiger partial charge in [-0.05, 0) is 29.8 Å². The van der Waals surface area contributed by atoms with Gasteiger partial charge in [0.1, 0.15) is 22.9 Å². The lowest BCUT2D eigenvalue weighted by molar-refractivity contribution is -0.137. The molecule has 0 bridgehead atoms. The molecule has 0 aliphatic rings. The van der Waals surface area contributed by atoms with Gasteiger partial charge in [0.2, 0.25) is 0 Å². The molecular weight excluding hydrogens is 441 g/mol. The Hall–Kier alpha value is -3.60. The van der Waals surface area contributed by atoms with Crippen molar-refractivity contribution in [3.63, 3.8) is 0 Å². The number of nitrogens with zero attached hydrogens (tertiary/aromatic N) is 2. The summed E-state index contributed by atoms with van der Waals surface area (Å²) in [7, 11) is 0. The molecule has 0 saturated carbocycles. The Bertz CT molecular complexity index is 1230. The van der Waals surface area contributed by atoms with Crippen molar-refractivity contribution in [2.45, 2.75) is 6.18 Å². The van der Waals surface area contributed by atoms with Crippen molar-refractivity contribution in [2.24, 2.45) is 0 Å². The van der Waals surface area contributed by atoms with E-state index in [1.54, 1.807) is 0 Å². The standard InChI is InChI=1S/C20H10F5N3O2S/c21-12-5-2-6-13(22)15(12)18(29)28-19-27-16(14-8-26-9-30-14)17(31-19)10-3-1-4-11(7-10)20(23,24)25/h1-9H,(H,27,28,29). The second-order valence-electron chi connectivity index (χ2n) is 6.19. The van der Waals surface area contributed by atoms with Crippen molar-refractivity contribution < 1.29 is 31.2 Å². The van der Waals surface area contributed by atoms with Crippen molar-refractivity contribution in [1.82, 2.24) is 9.97 Å². The van der Waals surface area contributed by atoms with E-state index in [4.69, 9.17) is 4.42 Å². The lowest BCUT2D eigenvalue weighted by Gasteiger charge is -2.08. The van der Waals surface area contributed by atoms with E-state index >= 15 is 0 Å². The van der Waals surface area contributed by atoms with E-state index in [-0.39, 0.29) is 27.0 Å². The number of oxazole rings is 1. The Morgan fingerprint density at radius 2 is 1.77 bits per heavy atom. The maximum Gasteiger partial charge on any atom is 0.416 e. The van der Waals surface area contributed by atoms with Gasteiger partial charge >= 0.3 is 6.18 Å². The molecule has 0 aliphatic heterocycles. The van der Waals surface area contributed by atoms with E-state index in [0.717, 1.165) is 48.1 Å². The van der Waals surface area contributed by atoms with Gasteiger partial charge in [-0.15, -0.1) is 0 Å². The minimum Gasteiger partial charge on any atom is -0.442 e. The third-order valence-electron chi connectivity index (χ3n) is 4.16. The molecule has 0 unspecified atom stereocenters. The molecule has 0 saturated heterocycles. The number of hydrogen-bond donors (Lipinski definition) is 1. The maximum atomic E-state index is 13.9. The predicted molar refractivity (Wildman–Crippen MR) is 102 cm³/mol. The van der Waals surface area contributed by atoms with E-state index in [1.165, 1.54) is 18.3 Å². The molecule has 4 aromatic rings. The first kappa shape index (κ1) is 20.7. The minimum absolute atomic E-state index is 0.0912. The van der Waals surface area contributed by atoms with Crippen molar-refractivity contribution in [1.29, 1.82) is 0 Å². The lowest BCUT2D eigenvalue weighted by atomic mass is 10.1. The molecule has 31 heavy (non-hydrogen) atoms. The van der Waals surface area contributed by atoms with Gasteiger partial charge in [0, 0.05) is 0 Å². The molecule has 0 fully saturated rings. The van der Waals surface area contributed by atoms with E-state index in [9.17, 15) is 26.7 Å². The van der Waals surface area contributed by atoms with Crippen LogP contribution in [0.2, 0.25) is 0 Å². The zero-order valence-corrected chi connectivity index (χ0v) is 16.0. The van der Waals surface area contributed by atoms with E-state index < -0.39 is 34.8 Å². The number of carbonyl (C=O) groups excluding carboxylic acids is 1. The summed E-state index contributed by atoms with van der Waals surface area (Å²) >= 11 is 0.822. The molecule has 2 aromatic heterocycles. The maximum absolute atomic E-state index is 13.9. The van der Waals surface area contributed by atoms with Crippen molar-refractivity contribution in [2.75, 3.05) is 5.32 Å². The smallest absolute Gasteiger partial charge is 0.416 e. The average Bonchev–Trinajstić information content (AvgIpc) is 3.37. The molecule has 1 amide bonds. The molecule has 2 heterocycles. The molecule has 0 aliphatic carbocycles. The summed E-state index contributed by atoms with van der Waals surface area (Å²) in [5.74, 6) is -3.09. The molecule has 0 radical (unpaired) electrons. The molecular formula is C20H10F5N3O2S. The number of benzene rings is 2. The molecule has 1 N–H and O–H groups in total. The summed E-state index contributed by atoms with van der Waals surface area (Å²) < 4.78 is 72.4. The zero-order chi connectivity index (χ0) is 22.2.